The highest BCUT2D eigenvalue weighted by molar-refractivity contribution is 6.70. The van der Waals surface area contributed by atoms with E-state index in [-0.39, 0.29) is 16.4 Å². The largest absolute Gasteiger partial charge is 0.461 e. The zero-order chi connectivity index (χ0) is 18.4. The number of ether oxygens (including phenoxy) is 1. The molecule has 26 heavy (non-hydrogen) atoms. The normalized spacial score (nSPS) is 19.5. The van der Waals surface area contributed by atoms with Gasteiger partial charge in [0.1, 0.15) is 11.8 Å². The van der Waals surface area contributed by atoms with Gasteiger partial charge in [-0.15, -0.1) is 0 Å². The van der Waals surface area contributed by atoms with Crippen molar-refractivity contribution in [2.75, 3.05) is 6.61 Å². The Hall–Kier alpha value is -2.58. The first-order valence-electron chi connectivity index (χ1n) is 8.77. The van der Waals surface area contributed by atoms with Crippen LogP contribution < -0.4 is 5.32 Å². The van der Waals surface area contributed by atoms with Gasteiger partial charge in [0.15, 0.2) is 10.7 Å². The van der Waals surface area contributed by atoms with Crippen molar-refractivity contribution in [1.82, 2.24) is 5.32 Å². The molecule has 134 valence electrons. The first-order chi connectivity index (χ1) is 12.7. The number of aliphatic imine (C=N–C) groups is 1. The third-order valence-corrected chi connectivity index (χ3v) is 4.89. The molecule has 0 saturated heterocycles. The summed E-state index contributed by atoms with van der Waals surface area (Å²) in [4.78, 5) is 16.5. The number of esters is 1. The van der Waals surface area contributed by atoms with Crippen LogP contribution in [0.3, 0.4) is 0 Å². The standard InChI is InChI=1S/C20H20ClN3O2/c21-19-18(24-17(12-23-19)15-9-5-2-6-10-15)16(11-22)20(25)26-13-14-7-3-1-4-8-14/h2,5-6,9-10,12,14,24H,1,3-4,7-8,13H2/b18-16-. The Balaban J connectivity index is 1.75. The summed E-state index contributed by atoms with van der Waals surface area (Å²) in [7, 11) is 0. The van der Waals surface area contributed by atoms with Crippen LogP contribution in [0.25, 0.3) is 5.70 Å². The summed E-state index contributed by atoms with van der Waals surface area (Å²) in [6.07, 6.45) is 7.27. The molecule has 1 heterocycles. The monoisotopic (exact) mass is 369 g/mol. The Morgan fingerprint density at radius 1 is 1.27 bits per heavy atom. The molecule has 0 unspecified atom stereocenters. The van der Waals surface area contributed by atoms with E-state index in [1.165, 1.54) is 19.3 Å². The van der Waals surface area contributed by atoms with Crippen LogP contribution in [0.1, 0.15) is 37.7 Å². The summed E-state index contributed by atoms with van der Waals surface area (Å²) >= 11 is 6.13. The third-order valence-electron chi connectivity index (χ3n) is 4.60. The van der Waals surface area contributed by atoms with Gasteiger partial charge >= 0.3 is 5.97 Å². The number of hydrogen-bond donors (Lipinski definition) is 1. The molecular formula is C20H20ClN3O2. The smallest absolute Gasteiger partial charge is 0.351 e. The van der Waals surface area contributed by atoms with E-state index < -0.39 is 5.97 Å². The van der Waals surface area contributed by atoms with Crippen LogP contribution in [0.2, 0.25) is 0 Å². The molecule has 1 aliphatic heterocycles. The van der Waals surface area contributed by atoms with Gasteiger partial charge in [-0.3, -0.25) is 0 Å². The van der Waals surface area contributed by atoms with Crippen molar-refractivity contribution >= 4 is 28.4 Å². The lowest BCUT2D eigenvalue weighted by atomic mass is 9.90. The fourth-order valence-electron chi connectivity index (χ4n) is 3.16. The van der Waals surface area contributed by atoms with E-state index in [0.717, 1.165) is 18.4 Å². The van der Waals surface area contributed by atoms with Gasteiger partial charge in [-0.05, 0) is 24.3 Å². The number of carbonyl (C=O) groups is 1. The van der Waals surface area contributed by atoms with E-state index in [1.54, 1.807) is 6.20 Å². The number of benzene rings is 1. The SMILES string of the molecule is N#C/C(C(=O)OCC1CCCCC1)=C1/NC(c2ccccc2)=CN=C1Cl. The zero-order valence-electron chi connectivity index (χ0n) is 14.4. The molecule has 6 heteroatoms. The Bertz CT molecular complexity index is 800. The first kappa shape index (κ1) is 18.2. The number of nitrogens with one attached hydrogen (secondary N) is 1. The lowest BCUT2D eigenvalue weighted by molar-refractivity contribution is -0.140. The molecule has 0 spiro atoms. The van der Waals surface area contributed by atoms with Crippen LogP contribution in [-0.2, 0) is 9.53 Å². The molecule has 1 aliphatic carbocycles. The minimum atomic E-state index is -0.664. The highest BCUT2D eigenvalue weighted by Gasteiger charge is 2.24. The molecule has 0 amide bonds. The van der Waals surface area contributed by atoms with Crippen LogP contribution in [0.4, 0.5) is 0 Å². The number of hydrogen-bond acceptors (Lipinski definition) is 5. The van der Waals surface area contributed by atoms with E-state index in [9.17, 15) is 10.1 Å². The molecule has 1 aromatic carbocycles. The number of allylic oxidation sites excluding steroid dienone is 1. The number of nitrogens with zero attached hydrogens (tertiary/aromatic N) is 2. The molecule has 0 bridgehead atoms. The highest BCUT2D eigenvalue weighted by atomic mass is 35.5. The van der Waals surface area contributed by atoms with Crippen molar-refractivity contribution in [3.8, 4) is 6.07 Å². The topological polar surface area (TPSA) is 74.5 Å². The lowest BCUT2D eigenvalue weighted by Gasteiger charge is -2.21. The Morgan fingerprint density at radius 2 is 2.00 bits per heavy atom. The van der Waals surface area contributed by atoms with Crippen molar-refractivity contribution in [3.63, 3.8) is 0 Å². The molecule has 0 atom stereocenters. The van der Waals surface area contributed by atoms with Crippen molar-refractivity contribution in [2.24, 2.45) is 10.9 Å². The van der Waals surface area contributed by atoms with Gasteiger partial charge in [0, 0.05) is 0 Å². The lowest BCUT2D eigenvalue weighted by Crippen LogP contribution is -2.25. The Kier molecular flexibility index (Phi) is 6.08. The van der Waals surface area contributed by atoms with Crippen LogP contribution in [-0.4, -0.2) is 17.7 Å². The third kappa shape index (κ3) is 4.33. The van der Waals surface area contributed by atoms with E-state index in [4.69, 9.17) is 16.3 Å². The zero-order valence-corrected chi connectivity index (χ0v) is 15.1. The van der Waals surface area contributed by atoms with Crippen LogP contribution in [0.15, 0.2) is 52.8 Å². The van der Waals surface area contributed by atoms with Crippen molar-refractivity contribution in [3.05, 3.63) is 53.4 Å². The van der Waals surface area contributed by atoms with Gasteiger partial charge in [-0.2, -0.15) is 5.26 Å². The second-order valence-corrected chi connectivity index (χ2v) is 6.78. The fourth-order valence-corrected chi connectivity index (χ4v) is 3.35. The molecule has 0 aromatic heterocycles. The predicted octanol–water partition coefficient (Wildman–Crippen LogP) is 4.13. The van der Waals surface area contributed by atoms with Gasteiger partial charge in [0.25, 0.3) is 0 Å². The van der Waals surface area contributed by atoms with Gasteiger partial charge in [0.05, 0.1) is 18.5 Å². The average Bonchev–Trinajstić information content (AvgIpc) is 2.70. The van der Waals surface area contributed by atoms with Crippen molar-refractivity contribution in [2.45, 2.75) is 32.1 Å². The fraction of sp³-hybridized carbons (Fsp3) is 0.350. The van der Waals surface area contributed by atoms with Gasteiger partial charge in [-0.25, -0.2) is 9.79 Å². The Morgan fingerprint density at radius 3 is 2.69 bits per heavy atom. The maximum absolute atomic E-state index is 12.4. The molecular weight excluding hydrogens is 350 g/mol. The maximum Gasteiger partial charge on any atom is 0.351 e. The van der Waals surface area contributed by atoms with E-state index in [2.05, 4.69) is 10.3 Å². The van der Waals surface area contributed by atoms with E-state index in [0.29, 0.717) is 18.2 Å². The molecule has 1 fully saturated rings. The second-order valence-electron chi connectivity index (χ2n) is 6.42. The van der Waals surface area contributed by atoms with Crippen LogP contribution >= 0.6 is 11.6 Å². The first-order valence-corrected chi connectivity index (χ1v) is 9.14. The quantitative estimate of drug-likeness (QED) is 0.492. The summed E-state index contributed by atoms with van der Waals surface area (Å²) in [6.45, 7) is 0.341. The van der Waals surface area contributed by atoms with E-state index >= 15 is 0 Å². The van der Waals surface area contributed by atoms with E-state index in [1.807, 2.05) is 36.4 Å². The van der Waals surface area contributed by atoms with Crippen LogP contribution in [0, 0.1) is 17.2 Å². The molecule has 1 N–H and O–H groups in total. The minimum Gasteiger partial charge on any atom is -0.461 e. The average molecular weight is 370 g/mol. The number of rotatable bonds is 4. The number of nitriles is 1. The highest BCUT2D eigenvalue weighted by Crippen LogP contribution is 2.25. The van der Waals surface area contributed by atoms with Gasteiger partial charge in [0.2, 0.25) is 0 Å². The molecule has 1 saturated carbocycles. The summed E-state index contributed by atoms with van der Waals surface area (Å²) in [5, 5.41) is 12.6. The summed E-state index contributed by atoms with van der Waals surface area (Å²) in [6, 6.07) is 11.4. The van der Waals surface area contributed by atoms with Crippen molar-refractivity contribution < 1.29 is 9.53 Å². The molecule has 1 aromatic rings. The summed E-state index contributed by atoms with van der Waals surface area (Å²) in [5.74, 6) is -0.288. The number of carbonyl (C=O) groups excluding carboxylic acids is 1. The van der Waals surface area contributed by atoms with Crippen LogP contribution in [0.5, 0.6) is 0 Å². The number of halogens is 1. The molecule has 3 rings (SSSR count). The van der Waals surface area contributed by atoms with Gasteiger partial charge < -0.3 is 10.1 Å². The maximum atomic E-state index is 12.4. The minimum absolute atomic E-state index is 0.0656. The molecule has 5 nitrogen and oxygen atoms in total. The predicted molar refractivity (Wildman–Crippen MR) is 101 cm³/mol. The summed E-state index contributed by atoms with van der Waals surface area (Å²) < 4.78 is 5.38. The van der Waals surface area contributed by atoms with Gasteiger partial charge in [-0.1, -0.05) is 61.2 Å². The Labute approximate surface area is 158 Å². The molecule has 2 aliphatic rings. The second kappa shape index (κ2) is 8.68. The summed E-state index contributed by atoms with van der Waals surface area (Å²) in [5.41, 5.74) is 1.57. The van der Waals surface area contributed by atoms with Crippen molar-refractivity contribution in [1.29, 1.82) is 5.26 Å². The molecule has 0 radical (unpaired) electrons.